The van der Waals surface area contributed by atoms with Gasteiger partial charge in [0.05, 0.1) is 11.9 Å². The van der Waals surface area contributed by atoms with E-state index in [9.17, 15) is 9.59 Å². The molecule has 0 radical (unpaired) electrons. The Kier molecular flexibility index (Phi) is 8.14. The van der Waals surface area contributed by atoms with Crippen LogP contribution in [0.25, 0.3) is 6.08 Å². The van der Waals surface area contributed by atoms with Crippen molar-refractivity contribution < 1.29 is 14.3 Å². The Hall–Kier alpha value is -3.94. The predicted octanol–water partition coefficient (Wildman–Crippen LogP) is 3.57. The summed E-state index contributed by atoms with van der Waals surface area (Å²) >= 11 is 0. The lowest BCUT2D eigenvalue weighted by molar-refractivity contribution is -0.124. The molecular formula is C24H27N5O3. The van der Waals surface area contributed by atoms with Crippen molar-refractivity contribution >= 4 is 23.7 Å². The summed E-state index contributed by atoms with van der Waals surface area (Å²) in [5.41, 5.74) is 1.69. The van der Waals surface area contributed by atoms with Crippen LogP contribution in [0.2, 0.25) is 0 Å². The van der Waals surface area contributed by atoms with Crippen LogP contribution in [-0.2, 0) is 16.2 Å². The number of pyridine rings is 1. The number of aromatic amines is 1. The normalized spacial score (nSPS) is 12.0. The van der Waals surface area contributed by atoms with Crippen LogP contribution in [0.4, 0.5) is 5.82 Å². The first kappa shape index (κ1) is 22.7. The topological polar surface area (TPSA) is 109 Å². The third kappa shape index (κ3) is 7.39. The minimum Gasteiger partial charge on any atom is -0.487 e. The van der Waals surface area contributed by atoms with Gasteiger partial charge in [0.1, 0.15) is 24.2 Å². The van der Waals surface area contributed by atoms with Gasteiger partial charge in [-0.15, -0.1) is 0 Å². The van der Waals surface area contributed by atoms with Gasteiger partial charge in [-0.3, -0.25) is 19.7 Å². The Labute approximate surface area is 187 Å². The maximum Gasteiger partial charge on any atom is 0.248 e. The molecule has 8 heteroatoms. The van der Waals surface area contributed by atoms with Gasteiger partial charge in [0.15, 0.2) is 0 Å². The van der Waals surface area contributed by atoms with Crippen LogP contribution in [-0.4, -0.2) is 33.0 Å². The third-order valence-corrected chi connectivity index (χ3v) is 4.52. The highest BCUT2D eigenvalue weighted by Crippen LogP contribution is 2.15. The highest BCUT2D eigenvalue weighted by molar-refractivity contribution is 5.99. The molecule has 0 aliphatic rings. The fourth-order valence-corrected chi connectivity index (χ4v) is 2.96. The predicted molar refractivity (Wildman–Crippen MR) is 123 cm³/mol. The summed E-state index contributed by atoms with van der Waals surface area (Å²) in [4.78, 5) is 29.2. The van der Waals surface area contributed by atoms with E-state index in [0.717, 1.165) is 11.3 Å². The third-order valence-electron chi connectivity index (χ3n) is 4.52. The number of anilines is 1. The Bertz CT molecular complexity index is 1020. The smallest absolute Gasteiger partial charge is 0.248 e. The number of rotatable bonds is 10. The molecule has 0 aliphatic heterocycles. The quantitative estimate of drug-likeness (QED) is 0.424. The number of aromatic nitrogens is 3. The number of nitrogens with zero attached hydrogens (tertiary/aromatic N) is 2. The van der Waals surface area contributed by atoms with Crippen molar-refractivity contribution in [1.82, 2.24) is 20.5 Å². The number of hydrogen-bond acceptors (Lipinski definition) is 5. The minimum atomic E-state index is -0.655. The van der Waals surface area contributed by atoms with E-state index in [1.54, 1.807) is 24.5 Å². The summed E-state index contributed by atoms with van der Waals surface area (Å²) in [6.07, 6.45) is 6.90. The number of H-pyrrole nitrogens is 1. The molecule has 0 aliphatic carbocycles. The molecule has 0 saturated carbocycles. The first-order valence-electron chi connectivity index (χ1n) is 10.4. The summed E-state index contributed by atoms with van der Waals surface area (Å²) in [6, 6.07) is 14.0. The van der Waals surface area contributed by atoms with Gasteiger partial charge >= 0.3 is 0 Å². The van der Waals surface area contributed by atoms with Gasteiger partial charge in [-0.2, -0.15) is 5.10 Å². The second-order valence-corrected chi connectivity index (χ2v) is 7.66. The van der Waals surface area contributed by atoms with Crippen molar-refractivity contribution in [2.45, 2.75) is 32.9 Å². The van der Waals surface area contributed by atoms with E-state index in [2.05, 4.69) is 25.8 Å². The molecule has 2 amide bonds. The molecule has 0 bridgehead atoms. The summed E-state index contributed by atoms with van der Waals surface area (Å²) < 4.78 is 5.71. The second-order valence-electron chi connectivity index (χ2n) is 7.66. The van der Waals surface area contributed by atoms with Crippen LogP contribution < -0.4 is 15.4 Å². The molecular weight excluding hydrogens is 406 g/mol. The average molecular weight is 434 g/mol. The van der Waals surface area contributed by atoms with E-state index in [4.69, 9.17) is 4.74 Å². The minimum absolute atomic E-state index is 0.232. The number of hydrogen-bond donors (Lipinski definition) is 3. The summed E-state index contributed by atoms with van der Waals surface area (Å²) in [5, 5.41) is 12.0. The largest absolute Gasteiger partial charge is 0.487 e. The van der Waals surface area contributed by atoms with Crippen molar-refractivity contribution in [3.63, 3.8) is 0 Å². The molecule has 3 aromatic rings. The molecule has 1 unspecified atom stereocenters. The number of ether oxygens (including phenoxy) is 1. The van der Waals surface area contributed by atoms with Crippen LogP contribution in [0, 0.1) is 5.92 Å². The fourth-order valence-electron chi connectivity index (χ4n) is 2.96. The summed E-state index contributed by atoms with van der Waals surface area (Å²) in [5.74, 6) is 0.795. The van der Waals surface area contributed by atoms with Gasteiger partial charge in [0.25, 0.3) is 0 Å². The lowest BCUT2D eigenvalue weighted by Crippen LogP contribution is -2.44. The maximum atomic E-state index is 12.5. The second kappa shape index (κ2) is 11.5. The van der Waals surface area contributed by atoms with Crippen molar-refractivity contribution in [2.75, 3.05) is 5.32 Å². The van der Waals surface area contributed by atoms with Crippen LogP contribution in [0.5, 0.6) is 5.75 Å². The van der Waals surface area contributed by atoms with Gasteiger partial charge < -0.3 is 15.4 Å². The Balaban J connectivity index is 1.53. The highest BCUT2D eigenvalue weighted by atomic mass is 16.5. The number of benzene rings is 1. The van der Waals surface area contributed by atoms with Crippen LogP contribution in [0.1, 0.15) is 31.5 Å². The molecule has 32 heavy (non-hydrogen) atoms. The lowest BCUT2D eigenvalue weighted by Gasteiger charge is -2.19. The Morgan fingerprint density at radius 1 is 1.09 bits per heavy atom. The maximum absolute atomic E-state index is 12.5. The lowest BCUT2D eigenvalue weighted by atomic mass is 10.0. The molecule has 1 atom stereocenters. The zero-order valence-electron chi connectivity index (χ0n) is 18.1. The van der Waals surface area contributed by atoms with Gasteiger partial charge in [-0.05, 0) is 48.2 Å². The van der Waals surface area contributed by atoms with Crippen LogP contribution in [0.15, 0.2) is 67.0 Å². The molecule has 3 N–H and O–H groups in total. The molecule has 2 heterocycles. The van der Waals surface area contributed by atoms with Crippen molar-refractivity contribution in [3.05, 3.63) is 78.3 Å². The summed E-state index contributed by atoms with van der Waals surface area (Å²) in [7, 11) is 0. The molecule has 1 aromatic carbocycles. The average Bonchev–Trinajstić information content (AvgIpc) is 3.30. The zero-order chi connectivity index (χ0) is 22.8. The molecule has 0 saturated heterocycles. The molecule has 0 spiro atoms. The van der Waals surface area contributed by atoms with E-state index >= 15 is 0 Å². The van der Waals surface area contributed by atoms with E-state index in [1.165, 1.54) is 6.08 Å². The van der Waals surface area contributed by atoms with Crippen molar-refractivity contribution in [2.24, 2.45) is 5.92 Å². The standard InChI is InChI=1S/C24H27N5O3/c1-17(2)15-21(24(31)28-22-12-14-26-29-22)27-23(30)11-8-18-6-9-20(10-7-18)32-16-19-5-3-4-13-25-19/h3-14,17,21H,15-16H2,1-2H3,(H,27,30)(H2,26,28,29,31)/b11-8+. The highest BCUT2D eigenvalue weighted by Gasteiger charge is 2.21. The van der Waals surface area contributed by atoms with Gasteiger partial charge in [0.2, 0.25) is 11.8 Å². The fraction of sp³-hybridized carbons (Fsp3) is 0.250. The van der Waals surface area contributed by atoms with Gasteiger partial charge in [-0.1, -0.05) is 32.0 Å². The van der Waals surface area contributed by atoms with Gasteiger partial charge in [-0.25, -0.2) is 0 Å². The number of nitrogens with one attached hydrogen (secondary N) is 3. The van der Waals surface area contributed by atoms with E-state index < -0.39 is 6.04 Å². The van der Waals surface area contributed by atoms with Gasteiger partial charge in [0, 0.05) is 18.3 Å². The Morgan fingerprint density at radius 2 is 1.91 bits per heavy atom. The van der Waals surface area contributed by atoms with Crippen molar-refractivity contribution in [1.29, 1.82) is 0 Å². The first-order valence-corrected chi connectivity index (χ1v) is 10.4. The Morgan fingerprint density at radius 3 is 2.56 bits per heavy atom. The molecule has 166 valence electrons. The number of carbonyl (C=O) groups is 2. The molecule has 0 fully saturated rings. The van der Waals surface area contributed by atoms with E-state index in [1.807, 2.05) is 56.3 Å². The number of amides is 2. The monoisotopic (exact) mass is 433 g/mol. The summed E-state index contributed by atoms with van der Waals surface area (Å²) in [6.45, 7) is 4.38. The van der Waals surface area contributed by atoms with Crippen LogP contribution in [0.3, 0.4) is 0 Å². The number of carbonyl (C=O) groups excluding carboxylic acids is 2. The molecule has 2 aromatic heterocycles. The van der Waals surface area contributed by atoms with E-state index in [-0.39, 0.29) is 17.7 Å². The molecule has 8 nitrogen and oxygen atoms in total. The molecule has 3 rings (SSSR count). The van der Waals surface area contributed by atoms with E-state index in [0.29, 0.717) is 24.6 Å². The SMILES string of the molecule is CC(C)CC(NC(=O)/C=C/c1ccc(OCc2ccccn2)cc1)C(=O)Nc1ccn[nH]1. The van der Waals surface area contributed by atoms with Crippen LogP contribution >= 0.6 is 0 Å². The first-order chi connectivity index (χ1) is 15.5. The van der Waals surface area contributed by atoms with Crippen molar-refractivity contribution in [3.8, 4) is 5.75 Å². The zero-order valence-corrected chi connectivity index (χ0v) is 18.1.